The second-order valence-electron chi connectivity index (χ2n) is 11.3. The first-order valence-corrected chi connectivity index (χ1v) is 13.4. The maximum absolute atomic E-state index is 11.3. The van der Waals surface area contributed by atoms with Crippen molar-refractivity contribution in [1.82, 2.24) is 4.90 Å². The van der Waals surface area contributed by atoms with Crippen LogP contribution in [0.25, 0.3) is 0 Å². The molecule has 7 heteroatoms. The van der Waals surface area contributed by atoms with Crippen LogP contribution in [-0.4, -0.2) is 50.3 Å². The number of hydrogen-bond acceptors (Lipinski definition) is 6. The molecule has 2 aromatic carbocycles. The quantitative estimate of drug-likeness (QED) is 0.375. The summed E-state index contributed by atoms with van der Waals surface area (Å²) in [6.45, 7) is 13.7. The number of fused-ring (bicyclic) bond motifs is 1. The molecule has 2 aliphatic rings. The predicted molar refractivity (Wildman–Crippen MR) is 148 cm³/mol. The zero-order valence-electron chi connectivity index (χ0n) is 22.5. The molecule has 3 atom stereocenters. The second kappa shape index (κ2) is 11.0. The molecule has 2 aliphatic heterocycles. The number of rotatable bonds is 7. The van der Waals surface area contributed by atoms with Crippen molar-refractivity contribution in [1.29, 1.82) is 0 Å². The molecule has 0 radical (unpaired) electrons. The van der Waals surface area contributed by atoms with Gasteiger partial charge < -0.3 is 14.4 Å². The van der Waals surface area contributed by atoms with Crippen LogP contribution in [-0.2, 0) is 0 Å². The summed E-state index contributed by atoms with van der Waals surface area (Å²) >= 11 is 6.25. The number of ether oxygens (including phenoxy) is 2. The van der Waals surface area contributed by atoms with Crippen LogP contribution in [0.1, 0.15) is 62.8 Å². The van der Waals surface area contributed by atoms with Gasteiger partial charge in [-0.2, -0.15) is 4.91 Å². The van der Waals surface area contributed by atoms with Gasteiger partial charge >= 0.3 is 0 Å². The zero-order valence-corrected chi connectivity index (χ0v) is 23.3. The van der Waals surface area contributed by atoms with Gasteiger partial charge in [0, 0.05) is 43.5 Å². The van der Waals surface area contributed by atoms with Gasteiger partial charge in [-0.3, -0.25) is 4.90 Å². The fourth-order valence-corrected chi connectivity index (χ4v) is 5.80. The number of benzene rings is 2. The van der Waals surface area contributed by atoms with E-state index in [1.54, 1.807) is 7.11 Å². The first kappa shape index (κ1) is 26.7. The van der Waals surface area contributed by atoms with Crippen molar-refractivity contribution in [2.45, 2.75) is 72.0 Å². The van der Waals surface area contributed by atoms with Gasteiger partial charge in [0.15, 0.2) is 0 Å². The molecule has 2 aromatic rings. The van der Waals surface area contributed by atoms with E-state index in [2.05, 4.69) is 53.1 Å². The summed E-state index contributed by atoms with van der Waals surface area (Å²) in [5.74, 6) is 1.58. The normalized spacial score (nSPS) is 21.6. The third-order valence-corrected chi connectivity index (χ3v) is 8.42. The lowest BCUT2D eigenvalue weighted by Gasteiger charge is -2.49. The number of nitrogens with zero attached hydrogens (tertiary/aromatic N) is 3. The maximum Gasteiger partial charge on any atom is 0.139 e. The summed E-state index contributed by atoms with van der Waals surface area (Å²) < 4.78 is 11.5. The molecule has 0 spiro atoms. The van der Waals surface area contributed by atoms with Crippen molar-refractivity contribution >= 4 is 17.3 Å². The van der Waals surface area contributed by atoms with Gasteiger partial charge in [-0.1, -0.05) is 43.6 Å². The van der Waals surface area contributed by atoms with E-state index in [-0.39, 0.29) is 11.5 Å². The summed E-state index contributed by atoms with van der Waals surface area (Å²) in [7, 11) is 1.66. The molecule has 0 saturated carbocycles. The second-order valence-corrected chi connectivity index (χ2v) is 11.7. The van der Waals surface area contributed by atoms with E-state index in [1.807, 2.05) is 26.8 Å². The monoisotopic (exact) mass is 513 g/mol. The van der Waals surface area contributed by atoms with E-state index in [4.69, 9.17) is 21.1 Å². The van der Waals surface area contributed by atoms with Gasteiger partial charge in [0.2, 0.25) is 0 Å². The summed E-state index contributed by atoms with van der Waals surface area (Å²) in [5, 5.41) is 3.95. The largest absolute Gasteiger partial charge is 0.495 e. The lowest BCUT2D eigenvalue weighted by atomic mass is 9.86. The summed E-state index contributed by atoms with van der Waals surface area (Å²) in [6.07, 6.45) is 3.61. The molecule has 6 nitrogen and oxygen atoms in total. The summed E-state index contributed by atoms with van der Waals surface area (Å²) in [5.41, 5.74) is 4.78. The Labute approximate surface area is 220 Å². The molecule has 0 bridgehead atoms. The minimum absolute atomic E-state index is 0.221. The van der Waals surface area contributed by atoms with Crippen LogP contribution in [0.5, 0.6) is 11.5 Å². The van der Waals surface area contributed by atoms with E-state index in [1.165, 1.54) is 36.1 Å². The minimum atomic E-state index is -0.382. The Hall–Kier alpha value is -2.31. The first-order chi connectivity index (χ1) is 17.1. The van der Waals surface area contributed by atoms with Crippen molar-refractivity contribution in [3.05, 3.63) is 57.0 Å². The van der Waals surface area contributed by atoms with Gasteiger partial charge in [-0.05, 0) is 73.4 Å². The Morgan fingerprint density at radius 1 is 1.08 bits per heavy atom. The average molecular weight is 514 g/mol. The molecule has 2 heterocycles. The SMILES string of the molecule is COc1cc(N2CCN3[C@@H](CCC[C@@H]3c3ccc(OCC(N=O)C(C)(C)C)c(C)c3C)C2)ccc1Cl. The molecule has 4 rings (SSSR count). The lowest BCUT2D eigenvalue weighted by molar-refractivity contribution is 0.0712. The summed E-state index contributed by atoms with van der Waals surface area (Å²) in [4.78, 5) is 16.5. The fourth-order valence-electron chi connectivity index (χ4n) is 5.60. The van der Waals surface area contributed by atoms with Crippen LogP contribution in [0.4, 0.5) is 5.69 Å². The van der Waals surface area contributed by atoms with Crippen LogP contribution < -0.4 is 14.4 Å². The third kappa shape index (κ3) is 5.50. The molecular formula is C29H40ClN3O3. The highest BCUT2D eigenvalue weighted by molar-refractivity contribution is 6.32. The van der Waals surface area contributed by atoms with Crippen molar-refractivity contribution in [3.8, 4) is 11.5 Å². The number of halogens is 1. The zero-order chi connectivity index (χ0) is 26.0. The first-order valence-electron chi connectivity index (χ1n) is 13.0. The number of hydrogen-bond donors (Lipinski definition) is 0. The van der Waals surface area contributed by atoms with E-state index in [9.17, 15) is 4.91 Å². The Balaban J connectivity index is 1.49. The van der Waals surface area contributed by atoms with Crippen molar-refractivity contribution in [2.75, 3.05) is 38.3 Å². The highest BCUT2D eigenvalue weighted by atomic mass is 35.5. The number of anilines is 1. The third-order valence-electron chi connectivity index (χ3n) is 8.11. The topological polar surface area (TPSA) is 54.4 Å². The number of piperazine rings is 1. The van der Waals surface area contributed by atoms with Gasteiger partial charge in [0.1, 0.15) is 24.1 Å². The van der Waals surface area contributed by atoms with Gasteiger partial charge in [-0.15, -0.1) is 0 Å². The van der Waals surface area contributed by atoms with Crippen LogP contribution in [0, 0.1) is 24.2 Å². The Kier molecular flexibility index (Phi) is 8.15. The highest BCUT2D eigenvalue weighted by Gasteiger charge is 2.36. The molecular weight excluding hydrogens is 474 g/mol. The molecule has 0 aromatic heterocycles. The van der Waals surface area contributed by atoms with Crippen LogP contribution in [0.15, 0.2) is 35.5 Å². The van der Waals surface area contributed by atoms with Crippen molar-refractivity contribution < 1.29 is 9.47 Å². The Morgan fingerprint density at radius 3 is 2.56 bits per heavy atom. The van der Waals surface area contributed by atoms with Crippen LogP contribution >= 0.6 is 11.6 Å². The molecule has 196 valence electrons. The van der Waals surface area contributed by atoms with Crippen molar-refractivity contribution in [2.24, 2.45) is 10.6 Å². The van der Waals surface area contributed by atoms with Gasteiger partial charge in [0.25, 0.3) is 0 Å². The molecule has 0 aliphatic carbocycles. The van der Waals surface area contributed by atoms with Crippen LogP contribution in [0.2, 0.25) is 5.02 Å². The minimum Gasteiger partial charge on any atom is -0.495 e. The number of piperidine rings is 1. The average Bonchev–Trinajstić information content (AvgIpc) is 2.86. The molecule has 0 N–H and O–H groups in total. The van der Waals surface area contributed by atoms with E-state index < -0.39 is 0 Å². The van der Waals surface area contributed by atoms with E-state index >= 15 is 0 Å². The lowest BCUT2D eigenvalue weighted by Crippen LogP contribution is -2.56. The predicted octanol–water partition coefficient (Wildman–Crippen LogP) is 6.94. The van der Waals surface area contributed by atoms with E-state index in [0.29, 0.717) is 23.7 Å². The molecule has 2 saturated heterocycles. The molecule has 2 fully saturated rings. The molecule has 1 unspecified atom stereocenters. The smallest absolute Gasteiger partial charge is 0.139 e. The van der Waals surface area contributed by atoms with Gasteiger partial charge in [0.05, 0.1) is 12.1 Å². The van der Waals surface area contributed by atoms with Gasteiger partial charge in [-0.25, -0.2) is 0 Å². The highest BCUT2D eigenvalue weighted by Crippen LogP contribution is 2.41. The van der Waals surface area contributed by atoms with Crippen molar-refractivity contribution in [3.63, 3.8) is 0 Å². The maximum atomic E-state index is 11.3. The fraction of sp³-hybridized carbons (Fsp3) is 0.586. The molecule has 36 heavy (non-hydrogen) atoms. The standard InChI is InChI=1S/C29H40ClN3O3/c1-19-20(2)26(36-18-28(31-34)29(3,4)5)13-11-23(19)25-9-7-8-22-17-32(14-15-33(22)25)21-10-12-24(30)27(16-21)35-6/h10-13,16,22,25,28H,7-9,14-15,17-18H2,1-6H3/t22-,25+,28?/m0/s1. The number of methoxy groups -OCH3 is 1. The Bertz CT molecular complexity index is 1080. The molecule has 0 amide bonds. The van der Waals surface area contributed by atoms with E-state index in [0.717, 1.165) is 36.7 Å². The summed E-state index contributed by atoms with van der Waals surface area (Å²) in [6, 6.07) is 10.9. The Morgan fingerprint density at radius 2 is 1.86 bits per heavy atom. The van der Waals surface area contributed by atoms with Crippen LogP contribution in [0.3, 0.4) is 0 Å². The number of nitroso groups, excluding NO2 is 1.